The number of para-hydroxylation sites is 1. The van der Waals surface area contributed by atoms with Crippen LogP contribution in [0.1, 0.15) is 24.0 Å². The first-order chi connectivity index (χ1) is 14.5. The molecule has 0 bridgehead atoms. The fourth-order valence-corrected chi connectivity index (χ4v) is 6.38. The fourth-order valence-electron chi connectivity index (χ4n) is 6.22. The summed E-state index contributed by atoms with van der Waals surface area (Å²) in [6, 6.07) is 12.5. The molecule has 4 atom stereocenters. The van der Waals surface area contributed by atoms with Gasteiger partial charge in [0, 0.05) is 16.6 Å². The van der Waals surface area contributed by atoms with Crippen molar-refractivity contribution >= 4 is 40.7 Å². The van der Waals surface area contributed by atoms with Gasteiger partial charge in [-0.3, -0.25) is 19.3 Å². The van der Waals surface area contributed by atoms with Gasteiger partial charge in [0.2, 0.25) is 17.7 Å². The van der Waals surface area contributed by atoms with Crippen molar-refractivity contribution in [2.24, 2.45) is 11.8 Å². The highest BCUT2D eigenvalue weighted by atomic mass is 35.5. The zero-order valence-corrected chi connectivity index (χ0v) is 17.1. The zero-order chi connectivity index (χ0) is 20.8. The van der Waals surface area contributed by atoms with Crippen LogP contribution in [0.25, 0.3) is 0 Å². The molecule has 2 aromatic carbocycles. The van der Waals surface area contributed by atoms with Gasteiger partial charge in [0.05, 0.1) is 23.2 Å². The van der Waals surface area contributed by atoms with Crippen molar-refractivity contribution in [3.05, 3.63) is 58.6 Å². The molecule has 30 heavy (non-hydrogen) atoms. The summed E-state index contributed by atoms with van der Waals surface area (Å²) in [4.78, 5) is 44.3. The average Bonchev–Trinajstić information content (AvgIpc) is 3.44. The highest BCUT2D eigenvalue weighted by Gasteiger charge is 2.74. The third-order valence-corrected chi connectivity index (χ3v) is 7.79. The van der Waals surface area contributed by atoms with E-state index < -0.39 is 17.4 Å². The van der Waals surface area contributed by atoms with Gasteiger partial charge < -0.3 is 5.32 Å². The van der Waals surface area contributed by atoms with Crippen LogP contribution in [0.2, 0.25) is 5.02 Å². The van der Waals surface area contributed by atoms with E-state index >= 15 is 0 Å². The van der Waals surface area contributed by atoms with Gasteiger partial charge >= 0.3 is 0 Å². The maximum atomic E-state index is 13.8. The van der Waals surface area contributed by atoms with Crippen molar-refractivity contribution in [1.29, 1.82) is 0 Å². The Labute approximate surface area is 178 Å². The Bertz CT molecular complexity index is 1130. The average molecular weight is 422 g/mol. The van der Waals surface area contributed by atoms with Crippen LogP contribution in [0, 0.1) is 18.8 Å². The molecule has 6 rings (SSSR count). The van der Waals surface area contributed by atoms with Crippen LogP contribution in [-0.2, 0) is 19.9 Å². The van der Waals surface area contributed by atoms with E-state index in [1.807, 2.05) is 31.2 Å². The molecule has 1 N–H and O–H groups in total. The van der Waals surface area contributed by atoms with E-state index in [-0.39, 0.29) is 23.8 Å². The Morgan fingerprint density at radius 2 is 1.83 bits per heavy atom. The molecule has 3 amide bonds. The van der Waals surface area contributed by atoms with Gasteiger partial charge in [0.15, 0.2) is 0 Å². The molecule has 3 fully saturated rings. The molecule has 2 aromatic rings. The Balaban J connectivity index is 1.59. The molecular formula is C23H20ClN3O3. The van der Waals surface area contributed by atoms with Crippen LogP contribution in [0.15, 0.2) is 42.5 Å². The number of amides is 3. The largest absolute Gasteiger partial charge is 0.324 e. The molecule has 0 radical (unpaired) electrons. The first-order valence-electron chi connectivity index (χ1n) is 10.3. The van der Waals surface area contributed by atoms with Crippen LogP contribution < -0.4 is 10.2 Å². The van der Waals surface area contributed by atoms with Crippen LogP contribution in [0.5, 0.6) is 0 Å². The number of benzene rings is 2. The summed E-state index contributed by atoms with van der Waals surface area (Å²) in [6.07, 6.45) is 1.71. The maximum absolute atomic E-state index is 13.8. The molecule has 4 aliphatic rings. The van der Waals surface area contributed by atoms with E-state index in [4.69, 9.17) is 11.6 Å². The lowest BCUT2D eigenvalue weighted by molar-refractivity contribution is -0.135. The zero-order valence-electron chi connectivity index (χ0n) is 16.4. The van der Waals surface area contributed by atoms with Crippen LogP contribution in [0.3, 0.4) is 0 Å². The number of carbonyl (C=O) groups is 3. The van der Waals surface area contributed by atoms with Crippen molar-refractivity contribution in [2.75, 3.05) is 16.8 Å². The molecule has 7 heteroatoms. The highest BCUT2D eigenvalue weighted by Crippen LogP contribution is 2.61. The molecule has 0 aliphatic carbocycles. The van der Waals surface area contributed by atoms with Gasteiger partial charge in [-0.25, -0.2) is 4.90 Å². The molecule has 4 unspecified atom stereocenters. The smallest absolute Gasteiger partial charge is 0.250 e. The number of halogens is 1. The lowest BCUT2D eigenvalue weighted by Crippen LogP contribution is -2.54. The lowest BCUT2D eigenvalue weighted by Gasteiger charge is -2.36. The van der Waals surface area contributed by atoms with E-state index in [0.29, 0.717) is 22.9 Å². The molecule has 6 nitrogen and oxygen atoms in total. The molecular weight excluding hydrogens is 402 g/mol. The van der Waals surface area contributed by atoms with Gasteiger partial charge in [-0.2, -0.15) is 0 Å². The number of nitrogens with one attached hydrogen (secondary N) is 1. The van der Waals surface area contributed by atoms with Crippen molar-refractivity contribution < 1.29 is 14.4 Å². The van der Waals surface area contributed by atoms with Crippen molar-refractivity contribution in [3.8, 4) is 0 Å². The molecule has 0 aromatic heterocycles. The number of fused-ring (bicyclic) bond motifs is 7. The number of nitrogens with zero attached hydrogens (tertiary/aromatic N) is 2. The van der Waals surface area contributed by atoms with Gasteiger partial charge in [0.1, 0.15) is 5.54 Å². The Morgan fingerprint density at radius 3 is 2.60 bits per heavy atom. The van der Waals surface area contributed by atoms with Crippen molar-refractivity contribution in [2.45, 2.75) is 31.3 Å². The van der Waals surface area contributed by atoms with Crippen LogP contribution in [0.4, 0.5) is 11.4 Å². The minimum atomic E-state index is -1.16. The second-order valence-corrected chi connectivity index (χ2v) is 8.98. The second kappa shape index (κ2) is 5.93. The van der Waals surface area contributed by atoms with E-state index in [9.17, 15) is 14.4 Å². The summed E-state index contributed by atoms with van der Waals surface area (Å²) in [7, 11) is 0. The highest BCUT2D eigenvalue weighted by molar-refractivity contribution is 6.32. The summed E-state index contributed by atoms with van der Waals surface area (Å²) >= 11 is 6.32. The number of hydrogen-bond acceptors (Lipinski definition) is 4. The lowest BCUT2D eigenvalue weighted by atomic mass is 9.75. The second-order valence-electron chi connectivity index (χ2n) is 8.57. The van der Waals surface area contributed by atoms with Crippen LogP contribution in [-0.4, -0.2) is 35.2 Å². The SMILES string of the molecule is Cc1c(Cl)ccc2c1NC(=O)C21C2C(=O)N(c3ccccc3)C(=O)C2C2CCCN21. The third-order valence-electron chi connectivity index (χ3n) is 7.38. The molecule has 1 spiro atoms. The molecule has 0 saturated carbocycles. The van der Waals surface area contributed by atoms with Gasteiger partial charge in [0.25, 0.3) is 0 Å². The molecule has 3 saturated heterocycles. The predicted octanol–water partition coefficient (Wildman–Crippen LogP) is 3.08. The minimum Gasteiger partial charge on any atom is -0.324 e. The van der Waals surface area contributed by atoms with E-state index in [1.54, 1.807) is 18.2 Å². The first-order valence-corrected chi connectivity index (χ1v) is 10.7. The van der Waals surface area contributed by atoms with Crippen LogP contribution >= 0.6 is 11.6 Å². The van der Waals surface area contributed by atoms with Gasteiger partial charge in [-0.05, 0) is 50.1 Å². The molecule has 4 aliphatic heterocycles. The number of imide groups is 1. The van der Waals surface area contributed by atoms with Crippen molar-refractivity contribution in [1.82, 2.24) is 4.90 Å². The predicted molar refractivity (Wildman–Crippen MR) is 112 cm³/mol. The van der Waals surface area contributed by atoms with E-state index in [2.05, 4.69) is 10.2 Å². The monoisotopic (exact) mass is 421 g/mol. The van der Waals surface area contributed by atoms with Gasteiger partial charge in [-0.15, -0.1) is 0 Å². The standard InChI is InChI=1S/C23H20ClN3O3/c1-12-15(24)10-9-14-19(12)25-22(30)23(14)18-17(16-8-5-11-26(16)23)20(28)27(21(18)29)13-6-3-2-4-7-13/h2-4,6-7,9-10,16-18H,5,8,11H2,1H3,(H,25,30). The third kappa shape index (κ3) is 1.92. The number of carbonyl (C=O) groups excluding carboxylic acids is 3. The Kier molecular flexibility index (Phi) is 3.58. The maximum Gasteiger partial charge on any atom is 0.250 e. The topological polar surface area (TPSA) is 69.7 Å². The normalized spacial score (nSPS) is 32.0. The summed E-state index contributed by atoms with van der Waals surface area (Å²) in [6.45, 7) is 2.56. The Morgan fingerprint density at radius 1 is 1.07 bits per heavy atom. The van der Waals surface area contributed by atoms with E-state index in [0.717, 1.165) is 24.0 Å². The number of rotatable bonds is 1. The number of hydrogen-bond donors (Lipinski definition) is 1. The first kappa shape index (κ1) is 18.1. The quantitative estimate of drug-likeness (QED) is 0.718. The summed E-state index contributed by atoms with van der Waals surface area (Å²) in [5.74, 6) is -1.97. The van der Waals surface area contributed by atoms with Crippen molar-refractivity contribution in [3.63, 3.8) is 0 Å². The van der Waals surface area contributed by atoms with Gasteiger partial charge in [-0.1, -0.05) is 35.9 Å². The fraction of sp³-hybridized carbons (Fsp3) is 0.348. The summed E-state index contributed by atoms with van der Waals surface area (Å²) in [5.41, 5.74) is 1.64. The molecule has 152 valence electrons. The number of anilines is 2. The van der Waals surface area contributed by atoms with E-state index in [1.165, 1.54) is 4.90 Å². The minimum absolute atomic E-state index is 0.118. The molecule has 4 heterocycles. The summed E-state index contributed by atoms with van der Waals surface area (Å²) in [5, 5.41) is 3.58. The summed E-state index contributed by atoms with van der Waals surface area (Å²) < 4.78 is 0. The Hall–Kier alpha value is -2.70.